The van der Waals surface area contributed by atoms with Crippen molar-refractivity contribution in [2.45, 2.75) is 37.4 Å². The Labute approximate surface area is 244 Å². The molecule has 0 aliphatic carbocycles. The molecule has 0 amide bonds. The molecule has 36 heavy (non-hydrogen) atoms. The lowest BCUT2D eigenvalue weighted by molar-refractivity contribution is 1.26. The molecule has 0 fully saturated rings. The first-order chi connectivity index (χ1) is 16.6. The van der Waals surface area contributed by atoms with Crippen molar-refractivity contribution in [3.8, 4) is 33.4 Å². The van der Waals surface area contributed by atoms with E-state index in [0.717, 1.165) is 71.2 Å². The fraction of sp³-hybridized carbons (Fsp3) is 0.200. The van der Waals surface area contributed by atoms with Gasteiger partial charge in [0.2, 0.25) is 0 Å². The van der Waals surface area contributed by atoms with Gasteiger partial charge in [-0.2, -0.15) is 0 Å². The number of aryl methyl sites for hydroxylation is 4. The van der Waals surface area contributed by atoms with Crippen LogP contribution in [0.5, 0.6) is 0 Å². The van der Waals surface area contributed by atoms with Crippen molar-refractivity contribution in [2.24, 2.45) is 0 Å². The van der Waals surface area contributed by atoms with Crippen molar-refractivity contribution in [2.75, 3.05) is 0 Å². The Bertz CT molecular complexity index is 1400. The van der Waals surface area contributed by atoms with Crippen molar-refractivity contribution in [1.82, 2.24) is 0 Å². The molecule has 0 atom stereocenters. The third-order valence-corrected chi connectivity index (χ3v) is 7.70. The van der Waals surface area contributed by atoms with E-state index in [1.807, 2.05) is 0 Å². The quantitative estimate of drug-likeness (QED) is 0.154. The summed E-state index contributed by atoms with van der Waals surface area (Å²) in [6.45, 7) is 8.33. The zero-order valence-electron chi connectivity index (χ0n) is 20.5. The molecule has 0 bridgehead atoms. The zero-order chi connectivity index (χ0) is 25.4. The largest absolute Gasteiger partial charge is 0.133 e. The van der Waals surface area contributed by atoms with Crippen LogP contribution in [0.4, 0.5) is 0 Å². The Hall–Kier alpha value is -1.42. The van der Waals surface area contributed by atoms with Crippen LogP contribution in [-0.4, -0.2) is 8.41 Å². The first-order valence-electron chi connectivity index (χ1n) is 11.3. The molecule has 0 unspecified atom stereocenters. The van der Waals surface area contributed by atoms with Crippen LogP contribution in [0.3, 0.4) is 0 Å². The molecule has 4 aromatic rings. The summed E-state index contributed by atoms with van der Waals surface area (Å²) in [5.74, 6) is 0. The topological polar surface area (TPSA) is 0 Å². The van der Waals surface area contributed by atoms with Gasteiger partial charge in [-0.1, -0.05) is 81.7 Å². The molecule has 0 aliphatic rings. The smallest absolute Gasteiger partial charge is 0.100 e. The number of hydrogen-bond acceptors (Lipinski definition) is 0. The van der Waals surface area contributed by atoms with Crippen molar-refractivity contribution in [3.05, 3.63) is 105 Å². The molecule has 0 saturated heterocycles. The van der Waals surface area contributed by atoms with Crippen molar-refractivity contribution < 1.29 is 0 Å². The predicted molar refractivity (Wildman–Crippen MR) is 164 cm³/mol. The Morgan fingerprint density at radius 2 is 1.06 bits per heavy atom. The highest BCUT2D eigenvalue weighted by atomic mass is 79.9. The van der Waals surface area contributed by atoms with Gasteiger partial charge in [-0.3, -0.25) is 0 Å². The van der Waals surface area contributed by atoms with Crippen LogP contribution in [0, 0.1) is 27.7 Å². The first kappa shape index (κ1) is 29.1. The second-order valence-corrected chi connectivity index (χ2v) is 12.0. The minimum Gasteiger partial charge on any atom is -0.100 e. The summed E-state index contributed by atoms with van der Waals surface area (Å²) in [6, 6.07) is 23.2. The lowest BCUT2D eigenvalue weighted by atomic mass is 9.81. The van der Waals surface area contributed by atoms with Gasteiger partial charge in [0.15, 0.2) is 0 Å². The van der Waals surface area contributed by atoms with E-state index in [-0.39, 0.29) is 8.41 Å². The maximum atomic E-state index is 6.57. The third-order valence-electron chi connectivity index (χ3n) is 6.23. The molecular weight excluding hydrogens is 593 g/mol. The molecule has 4 aromatic carbocycles. The number of alkyl halides is 4. The predicted octanol–water partition coefficient (Wildman–Crippen LogP) is 11.3. The van der Waals surface area contributed by atoms with E-state index in [1.54, 1.807) is 0 Å². The molecule has 0 spiro atoms. The molecular formula is C30H25BBrCl4. The van der Waals surface area contributed by atoms with E-state index in [4.69, 9.17) is 46.4 Å². The van der Waals surface area contributed by atoms with Crippen LogP contribution in [-0.2, 0) is 0 Å². The van der Waals surface area contributed by atoms with Crippen molar-refractivity contribution in [3.63, 3.8) is 0 Å². The molecule has 3 radical (unpaired) electrons. The summed E-state index contributed by atoms with van der Waals surface area (Å²) < 4.78 is 1.02. The van der Waals surface area contributed by atoms with E-state index in [0.29, 0.717) is 0 Å². The Morgan fingerprint density at radius 3 is 1.58 bits per heavy atom. The van der Waals surface area contributed by atoms with E-state index >= 15 is 0 Å². The minimum atomic E-state index is -0.679. The second kappa shape index (κ2) is 12.0. The van der Waals surface area contributed by atoms with Gasteiger partial charge in [-0.05, 0) is 95.5 Å². The number of halogens is 5. The summed E-state index contributed by atoms with van der Waals surface area (Å²) >= 11 is 29.8. The summed E-state index contributed by atoms with van der Waals surface area (Å²) in [7, 11) is 0. The van der Waals surface area contributed by atoms with Crippen LogP contribution >= 0.6 is 62.3 Å². The summed E-state index contributed by atoms with van der Waals surface area (Å²) in [6.07, 6.45) is 0. The molecule has 6 heteroatoms. The third kappa shape index (κ3) is 5.84. The van der Waals surface area contributed by atoms with Crippen LogP contribution < -0.4 is 0 Å². The summed E-state index contributed by atoms with van der Waals surface area (Å²) in [5, 5.41) is 0. The maximum Gasteiger partial charge on any atom is 0.133 e. The van der Waals surface area contributed by atoms with Crippen molar-refractivity contribution >= 4 is 70.7 Å². The molecule has 0 saturated carbocycles. The summed E-state index contributed by atoms with van der Waals surface area (Å²) in [4.78, 5) is -1.35. The second-order valence-electron chi connectivity index (χ2n) is 8.93. The van der Waals surface area contributed by atoms with Gasteiger partial charge < -0.3 is 0 Å². The highest BCUT2D eigenvalue weighted by molar-refractivity contribution is 9.10. The fourth-order valence-corrected chi connectivity index (χ4v) is 5.91. The van der Waals surface area contributed by atoms with Crippen LogP contribution in [0.15, 0.2) is 71.2 Å². The van der Waals surface area contributed by atoms with E-state index < -0.39 is 9.67 Å². The Kier molecular flexibility index (Phi) is 9.69. The zero-order valence-corrected chi connectivity index (χ0v) is 25.1. The van der Waals surface area contributed by atoms with Gasteiger partial charge in [-0.25, -0.2) is 0 Å². The Morgan fingerprint density at radius 1 is 0.583 bits per heavy atom. The monoisotopic (exact) mass is 615 g/mol. The van der Waals surface area contributed by atoms with Gasteiger partial charge >= 0.3 is 0 Å². The maximum absolute atomic E-state index is 6.57. The molecule has 4 rings (SSSR count). The SMILES string of the molecule is Cc1cc(C)c(-c2cccc(-c3ccc(Br)cc3)c2-c2c(C)cc(C)cc2C(Cl)Cl)c(C(Cl)Cl)c1.[B]. The lowest BCUT2D eigenvalue weighted by Gasteiger charge is -2.24. The first-order valence-corrected chi connectivity index (χ1v) is 13.8. The van der Waals surface area contributed by atoms with Gasteiger partial charge in [0.25, 0.3) is 0 Å². The van der Waals surface area contributed by atoms with E-state index in [1.165, 1.54) is 0 Å². The van der Waals surface area contributed by atoms with Crippen LogP contribution in [0.2, 0.25) is 0 Å². The van der Waals surface area contributed by atoms with Gasteiger partial charge in [0, 0.05) is 12.9 Å². The Balaban J connectivity index is 0.00000361. The van der Waals surface area contributed by atoms with Crippen molar-refractivity contribution in [1.29, 1.82) is 0 Å². The normalized spacial score (nSPS) is 11.2. The highest BCUT2D eigenvalue weighted by Gasteiger charge is 2.24. The average Bonchev–Trinajstić information content (AvgIpc) is 2.78. The average molecular weight is 618 g/mol. The number of rotatable bonds is 5. The number of benzene rings is 4. The van der Waals surface area contributed by atoms with Crippen LogP contribution in [0.25, 0.3) is 33.4 Å². The number of hydrogen-bond donors (Lipinski definition) is 0. The molecule has 0 aromatic heterocycles. The lowest BCUT2D eigenvalue weighted by Crippen LogP contribution is -2.01. The van der Waals surface area contributed by atoms with E-state index in [2.05, 4.69) is 110 Å². The highest BCUT2D eigenvalue weighted by Crippen LogP contribution is 2.48. The fourth-order valence-electron chi connectivity index (χ4n) is 4.95. The molecule has 0 N–H and O–H groups in total. The molecule has 0 aliphatic heterocycles. The standard InChI is InChI=1S/C30H25BrCl4.B/c1-16-12-18(3)26(24(14-16)29(32)33)23-7-5-6-22(20-8-10-21(31)11-9-20)28(23)27-19(4)13-17(2)15-25(27)30(34)35;/h5-15,29-30H,1-4H3;. The van der Waals surface area contributed by atoms with E-state index in [9.17, 15) is 0 Å². The van der Waals surface area contributed by atoms with Crippen LogP contribution in [0.1, 0.15) is 43.1 Å². The van der Waals surface area contributed by atoms with Gasteiger partial charge in [0.1, 0.15) is 9.67 Å². The molecule has 0 heterocycles. The van der Waals surface area contributed by atoms with Gasteiger partial charge in [0.05, 0.1) is 0 Å². The molecule has 0 nitrogen and oxygen atoms in total. The van der Waals surface area contributed by atoms with Gasteiger partial charge in [-0.15, -0.1) is 46.4 Å². The minimum absolute atomic E-state index is 0. The summed E-state index contributed by atoms with van der Waals surface area (Å²) in [5.41, 5.74) is 12.6. The molecule has 183 valence electrons.